The number of aliphatic imine (C=N–C) groups is 1. The number of nitrogens with one attached hydrogen (secondary N) is 1. The van der Waals surface area contributed by atoms with Crippen LogP contribution in [0.15, 0.2) is 29.3 Å². The van der Waals surface area contributed by atoms with Crippen LogP contribution in [0.5, 0.6) is 0 Å². The zero-order valence-electron chi connectivity index (χ0n) is 13.6. The van der Waals surface area contributed by atoms with Gasteiger partial charge in [-0.2, -0.15) is 11.8 Å². The summed E-state index contributed by atoms with van der Waals surface area (Å²) in [6.45, 7) is 6.89. The fourth-order valence-electron chi connectivity index (χ4n) is 2.49. The average molecular weight is 450 g/mol. The molecule has 6 nitrogen and oxygen atoms in total. The summed E-state index contributed by atoms with van der Waals surface area (Å²) in [6, 6.07) is 6.68. The van der Waals surface area contributed by atoms with Crippen LogP contribution in [-0.4, -0.2) is 46.4 Å². The van der Waals surface area contributed by atoms with Gasteiger partial charge < -0.3 is 10.2 Å². The highest BCUT2D eigenvalue weighted by atomic mass is 127. The van der Waals surface area contributed by atoms with Crippen molar-refractivity contribution in [2.75, 3.05) is 25.9 Å². The summed E-state index contributed by atoms with van der Waals surface area (Å²) in [4.78, 5) is 17.0. The van der Waals surface area contributed by atoms with Crippen molar-refractivity contribution in [2.45, 2.75) is 25.1 Å². The largest absolute Gasteiger partial charge is 0.352 e. The van der Waals surface area contributed by atoms with Crippen molar-refractivity contribution in [3.05, 3.63) is 39.9 Å². The van der Waals surface area contributed by atoms with E-state index in [1.807, 2.05) is 17.8 Å². The Labute approximate surface area is 158 Å². The van der Waals surface area contributed by atoms with E-state index in [0.717, 1.165) is 30.4 Å². The predicted octanol–water partition coefficient (Wildman–Crippen LogP) is 3.12. The first-order valence-corrected chi connectivity index (χ1v) is 8.23. The molecule has 0 radical (unpaired) electrons. The van der Waals surface area contributed by atoms with Crippen molar-refractivity contribution in [1.82, 2.24) is 10.2 Å². The maximum Gasteiger partial charge on any atom is 0.269 e. The molecule has 1 aromatic carbocycles. The Balaban J connectivity index is 0.00000264. The third kappa shape index (κ3) is 5.83. The van der Waals surface area contributed by atoms with Crippen molar-refractivity contribution in [3.63, 3.8) is 0 Å². The third-order valence-corrected chi connectivity index (χ3v) is 4.81. The molecule has 0 atom stereocenters. The lowest BCUT2D eigenvalue weighted by Gasteiger charge is -2.39. The van der Waals surface area contributed by atoms with Crippen LogP contribution in [-0.2, 0) is 6.54 Å². The molecule has 8 heteroatoms. The van der Waals surface area contributed by atoms with E-state index < -0.39 is 0 Å². The first-order chi connectivity index (χ1) is 10.4. The van der Waals surface area contributed by atoms with E-state index in [2.05, 4.69) is 29.1 Å². The molecular formula is C15H23IN4O2S. The highest BCUT2D eigenvalue weighted by molar-refractivity contribution is 14.0. The van der Waals surface area contributed by atoms with Gasteiger partial charge in [-0.3, -0.25) is 15.1 Å². The number of nitro benzene ring substituents is 1. The summed E-state index contributed by atoms with van der Waals surface area (Å²) in [6.07, 6.45) is 0. The fraction of sp³-hybridized carbons (Fsp3) is 0.533. The van der Waals surface area contributed by atoms with Crippen LogP contribution < -0.4 is 5.32 Å². The SMILES string of the molecule is CN=C(NCc1cccc([N+](=O)[O-])c1)N1CCSC(C)(C)C1.I. The van der Waals surface area contributed by atoms with Crippen molar-refractivity contribution >= 4 is 47.4 Å². The molecule has 0 saturated carbocycles. The highest BCUT2D eigenvalue weighted by Gasteiger charge is 2.28. The maximum absolute atomic E-state index is 10.8. The number of thioether (sulfide) groups is 1. The fourth-order valence-corrected chi connectivity index (χ4v) is 3.60. The molecule has 1 heterocycles. The van der Waals surface area contributed by atoms with E-state index in [4.69, 9.17) is 0 Å². The maximum atomic E-state index is 10.8. The van der Waals surface area contributed by atoms with Gasteiger partial charge in [0.25, 0.3) is 5.69 Å². The van der Waals surface area contributed by atoms with Gasteiger partial charge >= 0.3 is 0 Å². The minimum atomic E-state index is -0.372. The van der Waals surface area contributed by atoms with Gasteiger partial charge in [0.1, 0.15) is 0 Å². The number of hydrogen-bond acceptors (Lipinski definition) is 4. The van der Waals surface area contributed by atoms with E-state index >= 15 is 0 Å². The van der Waals surface area contributed by atoms with Gasteiger partial charge in [0.2, 0.25) is 0 Å². The predicted molar refractivity (Wildman–Crippen MR) is 107 cm³/mol. The van der Waals surface area contributed by atoms with Crippen LogP contribution in [0.3, 0.4) is 0 Å². The van der Waals surface area contributed by atoms with E-state index in [1.54, 1.807) is 19.2 Å². The number of non-ortho nitro benzene ring substituents is 1. The van der Waals surface area contributed by atoms with Gasteiger partial charge in [-0.05, 0) is 19.4 Å². The second kappa shape index (κ2) is 8.72. The monoisotopic (exact) mass is 450 g/mol. The quantitative estimate of drug-likeness (QED) is 0.252. The molecule has 128 valence electrons. The summed E-state index contributed by atoms with van der Waals surface area (Å²) in [5, 5.41) is 14.1. The summed E-state index contributed by atoms with van der Waals surface area (Å²) in [7, 11) is 1.77. The normalized spacial score (nSPS) is 17.3. The Morgan fingerprint density at radius 2 is 2.26 bits per heavy atom. The molecule has 0 bridgehead atoms. The Hall–Kier alpha value is -1.03. The minimum absolute atomic E-state index is 0. The molecule has 1 aliphatic rings. The lowest BCUT2D eigenvalue weighted by molar-refractivity contribution is -0.384. The molecule has 1 aromatic rings. The number of rotatable bonds is 3. The molecule has 2 rings (SSSR count). The van der Waals surface area contributed by atoms with Gasteiger partial charge in [0.05, 0.1) is 4.92 Å². The second-order valence-electron chi connectivity index (χ2n) is 5.86. The van der Waals surface area contributed by atoms with Crippen LogP contribution in [0.4, 0.5) is 5.69 Å². The third-order valence-electron chi connectivity index (χ3n) is 3.51. The number of guanidine groups is 1. The topological polar surface area (TPSA) is 70.8 Å². The minimum Gasteiger partial charge on any atom is -0.352 e. The summed E-state index contributed by atoms with van der Waals surface area (Å²) in [5.41, 5.74) is 0.991. The van der Waals surface area contributed by atoms with Gasteiger partial charge in [0.15, 0.2) is 5.96 Å². The highest BCUT2D eigenvalue weighted by Crippen LogP contribution is 2.29. The van der Waals surface area contributed by atoms with Crippen LogP contribution in [0, 0.1) is 10.1 Å². The molecule has 0 aliphatic carbocycles. The van der Waals surface area contributed by atoms with E-state index in [0.29, 0.717) is 6.54 Å². The van der Waals surface area contributed by atoms with Gasteiger partial charge in [-0.15, -0.1) is 24.0 Å². The van der Waals surface area contributed by atoms with Gasteiger partial charge in [-0.25, -0.2) is 0 Å². The van der Waals surface area contributed by atoms with Crippen molar-refractivity contribution < 1.29 is 4.92 Å². The lowest BCUT2D eigenvalue weighted by Crippen LogP contribution is -2.50. The van der Waals surface area contributed by atoms with Crippen LogP contribution in [0.1, 0.15) is 19.4 Å². The van der Waals surface area contributed by atoms with Gasteiger partial charge in [-0.1, -0.05) is 12.1 Å². The van der Waals surface area contributed by atoms with Crippen LogP contribution >= 0.6 is 35.7 Å². The number of benzene rings is 1. The summed E-state index contributed by atoms with van der Waals surface area (Å²) >= 11 is 1.97. The smallest absolute Gasteiger partial charge is 0.269 e. The Morgan fingerprint density at radius 1 is 1.52 bits per heavy atom. The molecule has 1 aliphatic heterocycles. The number of nitrogens with zero attached hydrogens (tertiary/aromatic N) is 3. The summed E-state index contributed by atoms with van der Waals surface area (Å²) < 4.78 is 0.210. The average Bonchev–Trinajstić information content (AvgIpc) is 2.47. The zero-order valence-corrected chi connectivity index (χ0v) is 16.8. The second-order valence-corrected chi connectivity index (χ2v) is 7.66. The van der Waals surface area contributed by atoms with E-state index in [-0.39, 0.29) is 39.3 Å². The Morgan fingerprint density at radius 3 is 2.87 bits per heavy atom. The standard InChI is InChI=1S/C15H22N4O2S.HI/c1-15(2)11-18(7-8-22-15)14(16-3)17-10-12-5-4-6-13(9-12)19(20)21;/h4-6,9H,7-8,10-11H2,1-3H3,(H,16,17);1H. The van der Waals surface area contributed by atoms with Crippen molar-refractivity contribution in [1.29, 1.82) is 0 Å². The number of halogens is 1. The number of hydrogen-bond donors (Lipinski definition) is 1. The Bertz CT molecular complexity index is 580. The molecule has 1 saturated heterocycles. The zero-order chi connectivity index (χ0) is 16.2. The molecule has 1 fully saturated rings. The first-order valence-electron chi connectivity index (χ1n) is 7.24. The van der Waals surface area contributed by atoms with E-state index in [9.17, 15) is 10.1 Å². The Kier molecular flexibility index (Phi) is 7.59. The molecular weight excluding hydrogens is 427 g/mol. The molecule has 0 spiro atoms. The van der Waals surface area contributed by atoms with E-state index in [1.165, 1.54) is 6.07 Å². The molecule has 1 N–H and O–H groups in total. The molecule has 23 heavy (non-hydrogen) atoms. The summed E-state index contributed by atoms with van der Waals surface area (Å²) in [5.74, 6) is 1.92. The lowest BCUT2D eigenvalue weighted by atomic mass is 10.2. The molecule has 0 amide bonds. The van der Waals surface area contributed by atoms with Gasteiger partial charge in [0, 0.05) is 49.3 Å². The van der Waals surface area contributed by atoms with Crippen molar-refractivity contribution in [3.8, 4) is 0 Å². The first kappa shape index (κ1) is 20.0. The molecule has 0 unspecified atom stereocenters. The molecule has 0 aromatic heterocycles. The van der Waals surface area contributed by atoms with Crippen molar-refractivity contribution in [2.24, 2.45) is 4.99 Å². The van der Waals surface area contributed by atoms with Crippen LogP contribution in [0.2, 0.25) is 0 Å². The number of nitro groups is 1. The van der Waals surface area contributed by atoms with Crippen LogP contribution in [0.25, 0.3) is 0 Å².